The number of pyridine rings is 1. The lowest BCUT2D eigenvalue weighted by Gasteiger charge is -2.23. The molecule has 262 valence electrons. The average molecular weight is 714 g/mol. The van der Waals surface area contributed by atoms with Gasteiger partial charge < -0.3 is 41.4 Å². The van der Waals surface area contributed by atoms with Crippen molar-refractivity contribution in [1.82, 2.24) is 45.2 Å². The van der Waals surface area contributed by atoms with Crippen molar-refractivity contribution in [2.45, 2.75) is 24.7 Å². The van der Waals surface area contributed by atoms with Gasteiger partial charge in [-0.2, -0.15) is 18.3 Å². The van der Waals surface area contributed by atoms with Crippen LogP contribution in [0.5, 0.6) is 0 Å². The van der Waals surface area contributed by atoms with Gasteiger partial charge in [0.2, 0.25) is 0 Å². The van der Waals surface area contributed by atoms with Gasteiger partial charge in [0.1, 0.15) is 5.69 Å². The smallest absolute Gasteiger partial charge is 0.435 e. The van der Waals surface area contributed by atoms with E-state index in [1.165, 1.54) is 48.1 Å². The number of urea groups is 1. The molecule has 2 saturated heterocycles. The fraction of sp³-hybridized carbons (Fsp3) is 0.355. The highest BCUT2D eigenvalue weighted by molar-refractivity contribution is 6.34. The number of alkyl halides is 3. The molecule has 3 fully saturated rings. The van der Waals surface area contributed by atoms with Crippen molar-refractivity contribution in [3.05, 3.63) is 76.2 Å². The van der Waals surface area contributed by atoms with Crippen molar-refractivity contribution in [3.8, 4) is 17.1 Å². The standard InChI is InChI=1S/C31H31ClF3N11O4/c1-44-23(21-14-46(42-26(21)31(33,34)35)24-5-3-17(43-50)10-37-24)11-38-27(44)29(48)39-15-2-4-18(22(32)8-15)28(47)41-25-19-12-45(13-20(19)25)30(49)40-16-6-7-36-9-16/h2-5,8,10-11,14,16,19-20,25,36H,6-7,9,12-13,43H2,1H3,(H,39,48)(H,40,49)(H,41,47). The summed E-state index contributed by atoms with van der Waals surface area (Å²) in [5.74, 6) is -0.938. The molecule has 3 atom stereocenters. The maximum atomic E-state index is 14.0. The van der Waals surface area contributed by atoms with Gasteiger partial charge in [0, 0.05) is 68.6 Å². The normalized spacial score (nSPS) is 21.2. The molecule has 1 saturated carbocycles. The Labute approximate surface area is 287 Å². The second kappa shape index (κ2) is 13.0. The van der Waals surface area contributed by atoms with Crippen LogP contribution in [-0.2, 0) is 13.2 Å². The summed E-state index contributed by atoms with van der Waals surface area (Å²) in [7, 11) is 1.39. The van der Waals surface area contributed by atoms with E-state index in [-0.39, 0.29) is 80.7 Å². The molecule has 6 N–H and O–H groups in total. The number of hydrogen-bond donors (Lipinski definition) is 5. The van der Waals surface area contributed by atoms with E-state index in [0.29, 0.717) is 18.6 Å². The van der Waals surface area contributed by atoms with Gasteiger partial charge in [0.25, 0.3) is 11.8 Å². The van der Waals surface area contributed by atoms with Crippen LogP contribution in [0.15, 0.2) is 48.9 Å². The van der Waals surface area contributed by atoms with Crippen molar-refractivity contribution in [2.24, 2.45) is 18.9 Å². The van der Waals surface area contributed by atoms with Crippen LogP contribution in [0, 0.1) is 17.0 Å². The van der Waals surface area contributed by atoms with E-state index in [0.717, 1.165) is 36.6 Å². The maximum Gasteiger partial charge on any atom is 0.435 e. The molecule has 3 aromatic heterocycles. The number of hydrogen-bond acceptors (Lipinski definition) is 8. The molecule has 4 aromatic rings. The fourth-order valence-corrected chi connectivity index (χ4v) is 6.77. The Kier molecular flexibility index (Phi) is 8.71. The summed E-state index contributed by atoms with van der Waals surface area (Å²) in [6.07, 6.45) is -0.496. The third kappa shape index (κ3) is 6.49. The number of amides is 4. The number of aromatic nitrogens is 5. The number of benzene rings is 1. The molecule has 5 heterocycles. The van der Waals surface area contributed by atoms with Crippen molar-refractivity contribution in [1.29, 1.82) is 0 Å². The number of likely N-dealkylation sites (tertiary alicyclic amines) is 1. The SMILES string of the molecule is Cn1c(-c2cn(-c3ccc([NH2+][O-])cn3)nc2C(F)(F)F)cnc1C(=O)Nc1ccc(C(=O)NC2C3CN(C(=O)NC4CCNC4)CC32)c(Cl)c1. The predicted octanol–water partition coefficient (Wildman–Crippen LogP) is 2.02. The average Bonchev–Trinajstić information content (AvgIpc) is 3.71. The Balaban J connectivity index is 0.990. The maximum absolute atomic E-state index is 14.0. The highest BCUT2D eigenvalue weighted by Gasteiger charge is 2.57. The Hall–Kier alpha value is -5.04. The van der Waals surface area contributed by atoms with Crippen molar-refractivity contribution >= 4 is 40.8 Å². The van der Waals surface area contributed by atoms with Gasteiger partial charge in [-0.15, -0.1) is 0 Å². The predicted molar refractivity (Wildman–Crippen MR) is 173 cm³/mol. The number of rotatable bonds is 8. The molecular weight excluding hydrogens is 683 g/mol. The Morgan fingerprint density at radius 3 is 2.48 bits per heavy atom. The van der Waals surface area contributed by atoms with Crippen LogP contribution in [0.4, 0.5) is 29.3 Å². The highest BCUT2D eigenvalue weighted by Crippen LogP contribution is 2.45. The van der Waals surface area contributed by atoms with E-state index in [1.807, 2.05) is 0 Å². The van der Waals surface area contributed by atoms with Crippen LogP contribution in [0.1, 0.15) is 33.1 Å². The van der Waals surface area contributed by atoms with E-state index in [4.69, 9.17) is 11.6 Å². The third-order valence-corrected chi connectivity index (χ3v) is 9.54. The van der Waals surface area contributed by atoms with Gasteiger partial charge in [-0.25, -0.2) is 19.4 Å². The lowest BCUT2D eigenvalue weighted by atomic mass is 10.2. The number of piperidine rings is 1. The van der Waals surface area contributed by atoms with Gasteiger partial charge in [-0.05, 0) is 37.2 Å². The van der Waals surface area contributed by atoms with Gasteiger partial charge in [0.15, 0.2) is 17.3 Å². The molecule has 3 unspecified atom stereocenters. The summed E-state index contributed by atoms with van der Waals surface area (Å²) in [6, 6.07) is 7.06. The molecular formula is C31H31ClF3N11O4. The molecule has 3 aliphatic rings. The zero-order valence-electron chi connectivity index (χ0n) is 26.4. The molecule has 15 nitrogen and oxygen atoms in total. The van der Waals surface area contributed by atoms with Crippen LogP contribution < -0.4 is 26.7 Å². The number of quaternary nitrogens is 1. The molecule has 2 aliphatic heterocycles. The fourth-order valence-electron chi connectivity index (χ4n) is 6.50. The van der Waals surface area contributed by atoms with Crippen molar-refractivity contribution < 1.29 is 33.0 Å². The lowest BCUT2D eigenvalue weighted by molar-refractivity contribution is -0.497. The van der Waals surface area contributed by atoms with Crippen LogP contribution in [0.25, 0.3) is 17.1 Å². The quantitative estimate of drug-likeness (QED) is 0.171. The van der Waals surface area contributed by atoms with Crippen molar-refractivity contribution in [2.75, 3.05) is 31.5 Å². The first-order valence-corrected chi connectivity index (χ1v) is 16.1. The van der Waals surface area contributed by atoms with Gasteiger partial charge in [-0.3, -0.25) is 9.59 Å². The van der Waals surface area contributed by atoms with E-state index in [1.54, 1.807) is 4.90 Å². The second-order valence-electron chi connectivity index (χ2n) is 12.4. The number of nitrogens with one attached hydrogen (secondary N) is 4. The first-order chi connectivity index (χ1) is 23.9. The number of nitrogens with two attached hydrogens (primary N) is 1. The Bertz CT molecular complexity index is 1950. The first kappa shape index (κ1) is 33.5. The van der Waals surface area contributed by atoms with Crippen LogP contribution in [0.2, 0.25) is 5.02 Å². The Morgan fingerprint density at radius 1 is 1.06 bits per heavy atom. The zero-order valence-corrected chi connectivity index (χ0v) is 27.1. The number of anilines is 1. The Morgan fingerprint density at radius 2 is 1.84 bits per heavy atom. The molecule has 0 spiro atoms. The van der Waals surface area contributed by atoms with Gasteiger partial charge in [-0.1, -0.05) is 11.6 Å². The van der Waals surface area contributed by atoms with Gasteiger partial charge >= 0.3 is 12.2 Å². The molecule has 1 aliphatic carbocycles. The van der Waals surface area contributed by atoms with E-state index in [9.17, 15) is 32.8 Å². The van der Waals surface area contributed by atoms with Crippen LogP contribution >= 0.6 is 11.6 Å². The molecule has 0 radical (unpaired) electrons. The van der Waals surface area contributed by atoms with E-state index >= 15 is 0 Å². The monoisotopic (exact) mass is 713 g/mol. The topological polar surface area (TPSA) is 191 Å². The van der Waals surface area contributed by atoms with E-state index in [2.05, 4.69) is 36.3 Å². The minimum Gasteiger partial charge on any atom is -0.630 e. The number of fused-ring (bicyclic) bond motifs is 1. The lowest BCUT2D eigenvalue weighted by Crippen LogP contribution is -2.70. The van der Waals surface area contributed by atoms with Crippen LogP contribution in [0.3, 0.4) is 0 Å². The summed E-state index contributed by atoms with van der Waals surface area (Å²) in [4.78, 5) is 48.6. The molecule has 50 heavy (non-hydrogen) atoms. The summed E-state index contributed by atoms with van der Waals surface area (Å²) >= 11 is 6.43. The summed E-state index contributed by atoms with van der Waals surface area (Å²) < 4.78 is 44.2. The second-order valence-corrected chi connectivity index (χ2v) is 12.9. The largest absolute Gasteiger partial charge is 0.630 e. The molecule has 19 heteroatoms. The molecule has 7 rings (SSSR count). The third-order valence-electron chi connectivity index (χ3n) is 9.23. The number of carbonyl (C=O) groups excluding carboxylic acids is 3. The van der Waals surface area contributed by atoms with Crippen molar-refractivity contribution in [3.63, 3.8) is 0 Å². The first-order valence-electron chi connectivity index (χ1n) is 15.7. The highest BCUT2D eigenvalue weighted by atomic mass is 35.5. The van der Waals surface area contributed by atoms with Crippen LogP contribution in [-0.4, -0.2) is 85.3 Å². The van der Waals surface area contributed by atoms with Gasteiger partial charge in [0.05, 0.1) is 34.2 Å². The van der Waals surface area contributed by atoms with E-state index < -0.39 is 17.8 Å². The molecule has 4 amide bonds. The molecule has 0 bridgehead atoms. The summed E-state index contributed by atoms with van der Waals surface area (Å²) in [6.45, 7) is 2.76. The number of imidazole rings is 1. The zero-order chi connectivity index (χ0) is 35.3. The summed E-state index contributed by atoms with van der Waals surface area (Å²) in [5, 5.41) is 26.6. The summed E-state index contributed by atoms with van der Waals surface area (Å²) in [5.41, 5.74) is -0.372. The number of carbonyl (C=O) groups is 3. The minimum absolute atomic E-state index is 0.0389. The molecule has 1 aromatic carbocycles. The number of halogens is 4. The minimum atomic E-state index is -4.84. The number of nitrogens with zero attached hydrogens (tertiary/aromatic N) is 6.